The van der Waals surface area contributed by atoms with Gasteiger partial charge in [0.2, 0.25) is 0 Å². The van der Waals surface area contributed by atoms with E-state index in [0.717, 1.165) is 11.3 Å². The first-order valence-electron chi connectivity index (χ1n) is 7.64. The fourth-order valence-corrected chi connectivity index (χ4v) is 2.75. The molecule has 0 aromatic heterocycles. The van der Waals surface area contributed by atoms with Crippen molar-refractivity contribution in [2.45, 2.75) is 44.2 Å². The van der Waals surface area contributed by atoms with Gasteiger partial charge in [0.15, 0.2) is 6.29 Å². The van der Waals surface area contributed by atoms with Crippen LogP contribution >= 0.6 is 0 Å². The summed E-state index contributed by atoms with van der Waals surface area (Å²) >= 11 is 0. The normalized spacial score (nSPS) is 29.8. The van der Waals surface area contributed by atoms with Gasteiger partial charge in [-0.05, 0) is 30.2 Å². The van der Waals surface area contributed by atoms with Gasteiger partial charge in [-0.2, -0.15) is 0 Å². The molecule has 0 bridgehead atoms. The molecule has 1 aromatic rings. The zero-order valence-corrected chi connectivity index (χ0v) is 14.3. The lowest BCUT2D eigenvalue weighted by atomic mass is 9.97. The van der Waals surface area contributed by atoms with E-state index in [9.17, 15) is 0 Å². The smallest absolute Gasteiger partial charge is 0.186 e. The van der Waals surface area contributed by atoms with E-state index >= 15 is 0 Å². The van der Waals surface area contributed by atoms with E-state index in [1.807, 2.05) is 31.2 Å². The summed E-state index contributed by atoms with van der Waals surface area (Å²) in [4.78, 5) is 2.91. The molecule has 24 heavy (non-hydrogen) atoms. The molecule has 2 rings (SSSR count). The van der Waals surface area contributed by atoms with Crippen LogP contribution in [0.25, 0.3) is 10.4 Å². The van der Waals surface area contributed by atoms with Gasteiger partial charge in [0, 0.05) is 19.1 Å². The lowest BCUT2D eigenvalue weighted by molar-refractivity contribution is -0.275. The maximum absolute atomic E-state index is 8.84. The van der Waals surface area contributed by atoms with Gasteiger partial charge >= 0.3 is 0 Å². The van der Waals surface area contributed by atoms with Gasteiger partial charge in [0.25, 0.3) is 0 Å². The molecule has 1 aliphatic heterocycles. The van der Waals surface area contributed by atoms with E-state index < -0.39 is 24.5 Å². The van der Waals surface area contributed by atoms with Crippen molar-refractivity contribution in [2.75, 3.05) is 21.3 Å². The number of azide groups is 1. The highest BCUT2D eigenvalue weighted by Gasteiger charge is 2.45. The molecule has 8 heteroatoms. The zero-order valence-electron chi connectivity index (χ0n) is 14.3. The van der Waals surface area contributed by atoms with Crippen LogP contribution in [0.15, 0.2) is 29.4 Å². The average molecular weight is 337 g/mol. The van der Waals surface area contributed by atoms with Crippen LogP contribution in [0, 0.1) is 0 Å². The molecule has 0 aliphatic carbocycles. The Morgan fingerprint density at radius 3 is 2.38 bits per heavy atom. The Labute approximate surface area is 141 Å². The number of rotatable bonds is 7. The zero-order chi connectivity index (χ0) is 17.5. The minimum atomic E-state index is -0.587. The monoisotopic (exact) mass is 337 g/mol. The Morgan fingerprint density at radius 1 is 1.12 bits per heavy atom. The predicted molar refractivity (Wildman–Crippen MR) is 86.6 cm³/mol. The molecule has 5 atom stereocenters. The molecule has 0 N–H and O–H groups in total. The maximum atomic E-state index is 8.84. The lowest BCUT2D eigenvalue weighted by Crippen LogP contribution is -2.58. The molecule has 0 saturated carbocycles. The van der Waals surface area contributed by atoms with Crippen molar-refractivity contribution < 1.29 is 23.7 Å². The van der Waals surface area contributed by atoms with Gasteiger partial charge in [-0.3, -0.25) is 0 Å². The highest BCUT2D eigenvalue weighted by Crippen LogP contribution is 2.29. The first kappa shape index (κ1) is 18.5. The molecule has 0 spiro atoms. The maximum Gasteiger partial charge on any atom is 0.186 e. The van der Waals surface area contributed by atoms with E-state index in [-0.39, 0.29) is 6.10 Å². The molecule has 1 saturated heterocycles. The van der Waals surface area contributed by atoms with Crippen LogP contribution in [-0.4, -0.2) is 52.0 Å². The summed E-state index contributed by atoms with van der Waals surface area (Å²) in [5.41, 5.74) is 9.81. The summed E-state index contributed by atoms with van der Waals surface area (Å²) in [5, 5.41) is 3.83. The molecule has 0 amide bonds. The minimum Gasteiger partial charge on any atom is -0.497 e. The molecular formula is C16H23N3O5. The van der Waals surface area contributed by atoms with Gasteiger partial charge in [-0.25, -0.2) is 0 Å². The molecule has 1 fully saturated rings. The van der Waals surface area contributed by atoms with E-state index in [0.29, 0.717) is 6.61 Å². The molecule has 0 unspecified atom stereocenters. The van der Waals surface area contributed by atoms with Crippen LogP contribution in [0.4, 0.5) is 0 Å². The highest BCUT2D eigenvalue weighted by atomic mass is 16.7. The van der Waals surface area contributed by atoms with Crippen LogP contribution < -0.4 is 4.74 Å². The van der Waals surface area contributed by atoms with Gasteiger partial charge in [0.1, 0.15) is 18.0 Å². The van der Waals surface area contributed by atoms with Crippen molar-refractivity contribution in [3.63, 3.8) is 0 Å². The largest absolute Gasteiger partial charge is 0.497 e. The summed E-state index contributed by atoms with van der Waals surface area (Å²) in [6, 6.07) is 7.05. The molecule has 1 aromatic carbocycles. The summed E-state index contributed by atoms with van der Waals surface area (Å²) in [5.74, 6) is 0.777. The van der Waals surface area contributed by atoms with Crippen LogP contribution in [0.2, 0.25) is 0 Å². The van der Waals surface area contributed by atoms with Crippen LogP contribution in [-0.2, 0) is 25.6 Å². The Hall–Kier alpha value is -1.83. The van der Waals surface area contributed by atoms with E-state index in [1.54, 1.807) is 14.2 Å². The van der Waals surface area contributed by atoms with Crippen LogP contribution in [0.3, 0.4) is 0 Å². The van der Waals surface area contributed by atoms with Crippen LogP contribution in [0.5, 0.6) is 5.75 Å². The lowest BCUT2D eigenvalue weighted by Gasteiger charge is -2.42. The van der Waals surface area contributed by atoms with Gasteiger partial charge < -0.3 is 23.7 Å². The second-order valence-corrected chi connectivity index (χ2v) is 5.46. The summed E-state index contributed by atoms with van der Waals surface area (Å²) < 4.78 is 27.7. The molecule has 132 valence electrons. The highest BCUT2D eigenvalue weighted by molar-refractivity contribution is 5.26. The first-order chi connectivity index (χ1) is 11.6. The topological polar surface area (TPSA) is 94.9 Å². The predicted octanol–water partition coefficient (Wildman–Crippen LogP) is 2.67. The standard InChI is InChI=1S/C16H23N3O5/c1-10-13(18-19-17)14(15(21-3)16(22-4)24-10)23-9-11-5-7-12(20-2)8-6-11/h5-8,10,13-16H,9H2,1-4H3/t10-,13-,14+,15+,16+/m1/s1. The van der Waals surface area contributed by atoms with Crippen molar-refractivity contribution in [3.05, 3.63) is 40.3 Å². The third-order valence-electron chi connectivity index (χ3n) is 4.05. The number of hydrogen-bond donors (Lipinski definition) is 0. The second kappa shape index (κ2) is 8.86. The average Bonchev–Trinajstić information content (AvgIpc) is 2.62. The van der Waals surface area contributed by atoms with E-state index in [1.165, 1.54) is 7.11 Å². The molecular weight excluding hydrogens is 314 g/mol. The number of benzene rings is 1. The molecule has 0 radical (unpaired) electrons. The van der Waals surface area contributed by atoms with Crippen molar-refractivity contribution in [1.29, 1.82) is 0 Å². The number of nitrogens with zero attached hydrogens (tertiary/aromatic N) is 3. The van der Waals surface area contributed by atoms with Crippen molar-refractivity contribution in [1.82, 2.24) is 0 Å². The fraction of sp³-hybridized carbons (Fsp3) is 0.625. The van der Waals surface area contributed by atoms with Gasteiger partial charge in [0.05, 0.1) is 25.9 Å². The Balaban J connectivity index is 2.14. The number of ether oxygens (including phenoxy) is 5. The first-order valence-corrected chi connectivity index (χ1v) is 7.64. The molecule has 8 nitrogen and oxygen atoms in total. The molecule has 1 aliphatic rings. The Kier molecular flexibility index (Phi) is 6.84. The number of hydrogen-bond acceptors (Lipinski definition) is 6. The summed E-state index contributed by atoms with van der Waals surface area (Å²) in [7, 11) is 4.71. The van der Waals surface area contributed by atoms with Crippen molar-refractivity contribution in [3.8, 4) is 5.75 Å². The number of methoxy groups -OCH3 is 3. The van der Waals surface area contributed by atoms with Gasteiger partial charge in [-0.1, -0.05) is 17.2 Å². The van der Waals surface area contributed by atoms with Crippen molar-refractivity contribution in [2.24, 2.45) is 5.11 Å². The third kappa shape index (κ3) is 4.17. The Bertz CT molecular complexity index is 561. The van der Waals surface area contributed by atoms with Crippen LogP contribution in [0.1, 0.15) is 12.5 Å². The fourth-order valence-electron chi connectivity index (χ4n) is 2.75. The second-order valence-electron chi connectivity index (χ2n) is 5.46. The third-order valence-corrected chi connectivity index (χ3v) is 4.05. The summed E-state index contributed by atoms with van der Waals surface area (Å²) in [6.45, 7) is 2.16. The van der Waals surface area contributed by atoms with E-state index in [4.69, 9.17) is 29.2 Å². The van der Waals surface area contributed by atoms with Gasteiger partial charge in [-0.15, -0.1) is 0 Å². The Morgan fingerprint density at radius 2 is 1.83 bits per heavy atom. The molecule has 1 heterocycles. The minimum absolute atomic E-state index is 0.342. The quantitative estimate of drug-likeness (QED) is 0.433. The van der Waals surface area contributed by atoms with Crippen molar-refractivity contribution >= 4 is 0 Å². The summed E-state index contributed by atoms with van der Waals surface area (Å²) in [6.07, 6.45) is -1.92. The van der Waals surface area contributed by atoms with E-state index in [2.05, 4.69) is 10.0 Å². The SMILES string of the molecule is COc1ccc(CO[C@H]2[C@H](N=[N+]=[N-])[C@@H](C)O[C@H](OC)[C@H]2OC)cc1.